The number of para-hydroxylation sites is 1. The highest BCUT2D eigenvalue weighted by Crippen LogP contribution is 2.45. The van der Waals surface area contributed by atoms with E-state index in [0.717, 1.165) is 108 Å². The molecule has 1 saturated heterocycles. The minimum Gasteiger partial charge on any atom is -0.504 e. The van der Waals surface area contributed by atoms with Gasteiger partial charge in [0.15, 0.2) is 57.5 Å². The second-order valence-electron chi connectivity index (χ2n) is 20.9. The lowest BCUT2D eigenvalue weighted by Crippen LogP contribution is -2.47. The van der Waals surface area contributed by atoms with Gasteiger partial charge in [0, 0.05) is 82.6 Å². The number of carbonyl (C=O) groups excluding carboxylic acids is 2. The number of fused-ring (bicyclic) bond motifs is 1. The second kappa shape index (κ2) is 29.6. The molecule has 1 aromatic heterocycles. The first-order chi connectivity index (χ1) is 42.7. The van der Waals surface area contributed by atoms with Crippen LogP contribution in [-0.4, -0.2) is 170 Å². The molecule has 466 valence electrons. The number of phenols is 1. The lowest BCUT2D eigenvalue weighted by molar-refractivity contribution is -0.131. The van der Waals surface area contributed by atoms with Crippen LogP contribution in [0.25, 0.3) is 20.8 Å². The van der Waals surface area contributed by atoms with Gasteiger partial charge in [-0.05, 0) is 103 Å². The Morgan fingerprint density at radius 1 is 0.489 bits per heavy atom. The number of carbonyl (C=O) groups is 2. The summed E-state index contributed by atoms with van der Waals surface area (Å²) in [7, 11) is 14.1. The van der Waals surface area contributed by atoms with E-state index in [0.29, 0.717) is 83.5 Å². The van der Waals surface area contributed by atoms with Crippen LogP contribution in [-0.2, 0) is 9.59 Å². The predicted molar refractivity (Wildman–Crippen MR) is 337 cm³/mol. The van der Waals surface area contributed by atoms with Gasteiger partial charge in [0.1, 0.15) is 5.01 Å². The molecule has 3 aliphatic heterocycles. The van der Waals surface area contributed by atoms with Gasteiger partial charge in [0.2, 0.25) is 23.3 Å². The van der Waals surface area contributed by atoms with Gasteiger partial charge >= 0.3 is 0 Å². The third-order valence-electron chi connectivity index (χ3n) is 15.5. The first-order valence-electron chi connectivity index (χ1n) is 28.9. The van der Waals surface area contributed by atoms with Gasteiger partial charge in [0.25, 0.3) is 0 Å². The van der Waals surface area contributed by atoms with Crippen molar-refractivity contribution in [3.05, 3.63) is 125 Å². The summed E-state index contributed by atoms with van der Waals surface area (Å²) >= 11 is 1.68. The fourth-order valence-corrected chi connectivity index (χ4v) is 11.9. The van der Waals surface area contributed by atoms with Crippen molar-refractivity contribution in [2.24, 2.45) is 10.2 Å². The van der Waals surface area contributed by atoms with E-state index in [1.165, 1.54) is 42.8 Å². The number of ether oxygens (including phenoxy) is 11. The minimum absolute atomic E-state index is 0.00902. The maximum Gasteiger partial charge on any atom is 0.240 e. The molecule has 2 amide bonds. The number of nitrogens with zero attached hydrogens (tertiary/aromatic N) is 7. The van der Waals surface area contributed by atoms with Gasteiger partial charge < -0.3 is 67.0 Å². The van der Waals surface area contributed by atoms with Crippen molar-refractivity contribution in [1.29, 1.82) is 0 Å². The zero-order chi connectivity index (χ0) is 62.4. The molecule has 88 heavy (non-hydrogen) atoms. The number of aromatic hydroxyl groups is 1. The number of thiazole rings is 1. The fraction of sp³-hybridized carbons (Fsp3) is 0.379. The zero-order valence-corrected chi connectivity index (χ0v) is 52.6. The lowest BCUT2D eigenvalue weighted by Gasteiger charge is -2.34. The van der Waals surface area contributed by atoms with Gasteiger partial charge in [-0.1, -0.05) is 24.3 Å². The van der Waals surface area contributed by atoms with E-state index in [2.05, 4.69) is 27.0 Å². The monoisotopic (exact) mass is 1220 g/mol. The van der Waals surface area contributed by atoms with E-state index in [-0.39, 0.29) is 29.6 Å². The van der Waals surface area contributed by atoms with Gasteiger partial charge in [-0.25, -0.2) is 15.0 Å². The second-order valence-corrected chi connectivity index (χ2v) is 21.9. The number of piperazine rings is 1. The number of hydrogen-bond donors (Lipinski definition) is 1. The van der Waals surface area contributed by atoms with Crippen LogP contribution in [0.15, 0.2) is 113 Å². The van der Waals surface area contributed by atoms with E-state index in [9.17, 15) is 14.7 Å². The van der Waals surface area contributed by atoms with Crippen LogP contribution < -0.4 is 52.1 Å². The molecule has 6 aromatic carbocycles. The summed E-state index contributed by atoms with van der Waals surface area (Å²) in [5.74, 6) is 5.80. The fourth-order valence-electron chi connectivity index (χ4n) is 11.0. The highest BCUT2D eigenvalue weighted by molar-refractivity contribution is 7.21. The Labute approximate surface area is 517 Å². The zero-order valence-electron chi connectivity index (χ0n) is 51.7. The van der Waals surface area contributed by atoms with Crippen LogP contribution >= 0.6 is 11.3 Å². The Balaban J connectivity index is 0.000000266. The molecule has 1 N–H and O–H groups in total. The number of phenolic OH excluding ortho intramolecular Hbond substituents is 1. The van der Waals surface area contributed by atoms with Crippen molar-refractivity contribution < 1.29 is 66.8 Å². The predicted octanol–water partition coefficient (Wildman–Crippen LogP) is 10.7. The van der Waals surface area contributed by atoms with Crippen LogP contribution in [0.5, 0.6) is 69.0 Å². The molecular formula is C66H77N7O14S. The molecule has 4 heterocycles. The maximum atomic E-state index is 12.8. The van der Waals surface area contributed by atoms with Crippen molar-refractivity contribution in [3.8, 4) is 79.6 Å². The van der Waals surface area contributed by atoms with Gasteiger partial charge in [0.05, 0.1) is 111 Å². The standard InChI is InChI=1S/C45H53N5O8S.C21H24N2O6/c1-30(51)50-36(29-35(47-50)33-27-41(54-4)44(56-6)42(28-33)55-5)31-13-15-37(52-2)40(25-31)58-24-10-18-49-21-19-48(20-22-49)17-9-23-57-38-16-14-32(26-39(38)53-3)45-46-34-11-7-8-12-43(34)59-45;1-12(24)23-16(13-6-7-18(26-2)17(25)8-13)11-15(22-23)14-9-19(27-3)21(29-5)20(10-14)28-4/h7-8,11-16,25-28,36H,9-10,17-24,29H2,1-6H3;6-10,16,25H,11H2,1-5H3. The number of amides is 2. The number of hydrazone groups is 2. The molecule has 22 heteroatoms. The Bertz CT molecular complexity index is 3560. The molecule has 21 nitrogen and oxygen atoms in total. The van der Waals surface area contributed by atoms with Gasteiger partial charge in [-0.3, -0.25) is 9.59 Å². The number of rotatable bonds is 24. The number of aromatic nitrogens is 1. The van der Waals surface area contributed by atoms with Crippen LogP contribution in [0.4, 0.5) is 0 Å². The molecule has 0 spiro atoms. The van der Waals surface area contributed by atoms with Gasteiger partial charge in [-0.2, -0.15) is 10.2 Å². The van der Waals surface area contributed by atoms with Crippen LogP contribution in [0.1, 0.15) is 73.9 Å². The van der Waals surface area contributed by atoms with Gasteiger partial charge in [-0.15, -0.1) is 11.3 Å². The van der Waals surface area contributed by atoms with Crippen molar-refractivity contribution in [2.45, 2.75) is 51.6 Å². The maximum absolute atomic E-state index is 12.8. The molecule has 3 aliphatic rings. The Hall–Kier alpha value is -8.99. The van der Waals surface area contributed by atoms with Crippen LogP contribution in [0.3, 0.4) is 0 Å². The SMILES string of the molecule is COc1cc(-c2nc3ccccc3s2)ccc1OCCCN1CCN(CCCOc2cc(C3CC(c4cc(OC)c(OC)c(OC)c4)=NN3C(C)=O)ccc2OC)CC1.COc1ccc(C2CC(c3cc(OC)c(OC)c(OC)c3)=NN2C(C)=O)cc1O. The lowest BCUT2D eigenvalue weighted by atomic mass is 9.97. The highest BCUT2D eigenvalue weighted by Gasteiger charge is 2.35. The number of methoxy groups -OCH3 is 9. The highest BCUT2D eigenvalue weighted by atomic mass is 32.1. The molecule has 1 fully saturated rings. The quantitative estimate of drug-likeness (QED) is 0.0558. The molecule has 0 saturated carbocycles. The summed E-state index contributed by atoms with van der Waals surface area (Å²) in [6.07, 6.45) is 2.77. The number of hydrogen-bond acceptors (Lipinski definition) is 20. The summed E-state index contributed by atoms with van der Waals surface area (Å²) in [6.45, 7) is 10.1. The van der Waals surface area contributed by atoms with Crippen LogP contribution in [0.2, 0.25) is 0 Å². The first kappa shape index (κ1) is 63.5. The third kappa shape index (κ3) is 14.5. The average molecular weight is 1220 g/mol. The molecule has 0 aliphatic carbocycles. The third-order valence-corrected chi connectivity index (χ3v) is 16.6. The average Bonchev–Trinajstić information content (AvgIpc) is 2.18. The van der Waals surface area contributed by atoms with E-state index >= 15 is 0 Å². The van der Waals surface area contributed by atoms with Crippen molar-refractivity contribution in [2.75, 3.05) is 116 Å². The van der Waals surface area contributed by atoms with E-state index < -0.39 is 0 Å². The smallest absolute Gasteiger partial charge is 0.240 e. The normalized spacial score (nSPS) is 15.8. The van der Waals surface area contributed by atoms with Crippen LogP contribution in [0, 0.1) is 0 Å². The topological polar surface area (TPSA) is 206 Å². The van der Waals surface area contributed by atoms with E-state index in [4.69, 9.17) is 62.2 Å². The summed E-state index contributed by atoms with van der Waals surface area (Å²) in [5.41, 5.74) is 6.66. The summed E-state index contributed by atoms with van der Waals surface area (Å²) in [4.78, 5) is 34.8. The largest absolute Gasteiger partial charge is 0.504 e. The summed E-state index contributed by atoms with van der Waals surface area (Å²) < 4.78 is 62.9. The molecule has 10 rings (SSSR count). The molecule has 2 atom stereocenters. The summed E-state index contributed by atoms with van der Waals surface area (Å²) in [6, 6.07) is 31.7. The van der Waals surface area contributed by atoms with E-state index in [1.807, 2.05) is 66.7 Å². The molecule has 7 aromatic rings. The van der Waals surface area contributed by atoms with Crippen molar-refractivity contribution in [1.82, 2.24) is 24.8 Å². The first-order valence-corrected chi connectivity index (χ1v) is 29.7. The molecule has 0 radical (unpaired) electrons. The van der Waals surface area contributed by atoms with Crippen molar-refractivity contribution >= 4 is 44.8 Å². The Morgan fingerprint density at radius 3 is 1.39 bits per heavy atom. The summed E-state index contributed by atoms with van der Waals surface area (Å²) in [5, 5.41) is 23.3. The Kier molecular flexibility index (Phi) is 21.4. The number of benzene rings is 6. The molecule has 2 unspecified atom stereocenters. The van der Waals surface area contributed by atoms with E-state index in [1.54, 1.807) is 85.4 Å². The minimum atomic E-state index is -0.349. The molecular weight excluding hydrogens is 1150 g/mol. The van der Waals surface area contributed by atoms with Crippen molar-refractivity contribution in [3.63, 3.8) is 0 Å². The molecule has 0 bridgehead atoms. The Morgan fingerprint density at radius 2 is 0.932 bits per heavy atom.